The fourth-order valence-electron chi connectivity index (χ4n) is 1.74. The van der Waals surface area contributed by atoms with E-state index in [1.54, 1.807) is 19.3 Å². The normalized spacial score (nSPS) is 10.9. The van der Waals surface area contributed by atoms with Gasteiger partial charge in [0, 0.05) is 12.6 Å². The van der Waals surface area contributed by atoms with Crippen LogP contribution >= 0.6 is 0 Å². The monoisotopic (exact) mass is 253 g/mol. The molecule has 0 aliphatic rings. The van der Waals surface area contributed by atoms with Gasteiger partial charge in [0.15, 0.2) is 0 Å². The molecule has 2 aromatic rings. The molecule has 1 heterocycles. The van der Waals surface area contributed by atoms with E-state index in [1.807, 2.05) is 0 Å². The number of hydrogen-bond acceptors (Lipinski definition) is 3. The van der Waals surface area contributed by atoms with Gasteiger partial charge in [-0.15, -0.1) is 0 Å². The second-order valence-electron chi connectivity index (χ2n) is 3.82. The Hall–Kier alpha value is -2.11. The van der Waals surface area contributed by atoms with E-state index in [2.05, 4.69) is 5.10 Å². The summed E-state index contributed by atoms with van der Waals surface area (Å²) >= 11 is 0. The maximum atomic E-state index is 12.9. The van der Waals surface area contributed by atoms with Crippen LogP contribution in [0.25, 0.3) is 11.1 Å². The molecule has 0 saturated carbocycles. The molecule has 96 valence electrons. The standard InChI is InChI=1S/C12H13F2N3O/c1-17-12(15)9(6-16-17)7-3-4-10(18-2)8(5-7)11(13)14/h3-6,11H,15H2,1-2H3. The molecule has 4 nitrogen and oxygen atoms in total. The Morgan fingerprint density at radius 3 is 2.61 bits per heavy atom. The molecule has 0 unspecified atom stereocenters. The first-order chi connectivity index (χ1) is 8.54. The fraction of sp³-hybridized carbons (Fsp3) is 0.250. The van der Waals surface area contributed by atoms with Gasteiger partial charge in [0.2, 0.25) is 0 Å². The molecule has 18 heavy (non-hydrogen) atoms. The van der Waals surface area contributed by atoms with Gasteiger partial charge in [-0.25, -0.2) is 8.78 Å². The van der Waals surface area contributed by atoms with Crippen molar-refractivity contribution in [1.29, 1.82) is 0 Å². The fourth-order valence-corrected chi connectivity index (χ4v) is 1.74. The van der Waals surface area contributed by atoms with Crippen LogP contribution in [0.4, 0.5) is 14.6 Å². The van der Waals surface area contributed by atoms with Crippen molar-refractivity contribution in [3.63, 3.8) is 0 Å². The number of methoxy groups -OCH3 is 1. The Labute approximate surface area is 103 Å². The van der Waals surface area contributed by atoms with Gasteiger partial charge in [-0.2, -0.15) is 5.10 Å². The molecule has 0 radical (unpaired) electrons. The summed E-state index contributed by atoms with van der Waals surface area (Å²) in [5, 5.41) is 3.98. The summed E-state index contributed by atoms with van der Waals surface area (Å²) in [5.41, 5.74) is 6.88. The summed E-state index contributed by atoms with van der Waals surface area (Å²) in [5.74, 6) is 0.594. The van der Waals surface area contributed by atoms with Gasteiger partial charge in [-0.05, 0) is 17.7 Å². The first-order valence-electron chi connectivity index (χ1n) is 5.28. The van der Waals surface area contributed by atoms with Crippen LogP contribution in [0.1, 0.15) is 12.0 Å². The third kappa shape index (κ3) is 2.01. The minimum Gasteiger partial charge on any atom is -0.496 e. The zero-order chi connectivity index (χ0) is 13.3. The summed E-state index contributed by atoms with van der Waals surface area (Å²) in [6, 6.07) is 4.55. The summed E-state index contributed by atoms with van der Waals surface area (Å²) in [6.45, 7) is 0. The first-order valence-corrected chi connectivity index (χ1v) is 5.28. The lowest BCUT2D eigenvalue weighted by molar-refractivity contribution is 0.147. The number of ether oxygens (including phenoxy) is 1. The van der Waals surface area contributed by atoms with E-state index < -0.39 is 6.43 Å². The largest absolute Gasteiger partial charge is 0.496 e. The van der Waals surface area contributed by atoms with Crippen molar-refractivity contribution < 1.29 is 13.5 Å². The first kappa shape index (κ1) is 12.3. The lowest BCUT2D eigenvalue weighted by Crippen LogP contribution is -1.98. The maximum absolute atomic E-state index is 12.9. The molecule has 0 bridgehead atoms. The molecule has 1 aromatic carbocycles. The topological polar surface area (TPSA) is 53.1 Å². The Kier molecular flexibility index (Phi) is 3.18. The highest BCUT2D eigenvalue weighted by molar-refractivity contribution is 5.74. The number of alkyl halides is 2. The minimum absolute atomic E-state index is 0.154. The molecule has 0 atom stereocenters. The Morgan fingerprint density at radius 2 is 2.11 bits per heavy atom. The van der Waals surface area contributed by atoms with Crippen LogP contribution in [0.5, 0.6) is 5.75 Å². The number of nitrogens with two attached hydrogens (primary N) is 1. The van der Waals surface area contributed by atoms with Gasteiger partial charge in [0.05, 0.1) is 18.9 Å². The van der Waals surface area contributed by atoms with Crippen molar-refractivity contribution in [2.75, 3.05) is 12.8 Å². The van der Waals surface area contributed by atoms with Crippen molar-refractivity contribution in [2.24, 2.45) is 7.05 Å². The zero-order valence-electron chi connectivity index (χ0n) is 10.0. The molecule has 0 fully saturated rings. The molecule has 1 aromatic heterocycles. The van der Waals surface area contributed by atoms with Gasteiger partial charge >= 0.3 is 0 Å². The summed E-state index contributed by atoms with van der Waals surface area (Å²) < 4.78 is 32.2. The van der Waals surface area contributed by atoms with E-state index in [9.17, 15) is 8.78 Å². The van der Waals surface area contributed by atoms with Crippen LogP contribution in [0, 0.1) is 0 Å². The van der Waals surface area contributed by atoms with Crippen molar-refractivity contribution in [3.05, 3.63) is 30.0 Å². The van der Waals surface area contributed by atoms with Crippen LogP contribution in [0.3, 0.4) is 0 Å². The molecule has 2 N–H and O–H groups in total. The Morgan fingerprint density at radius 1 is 1.39 bits per heavy atom. The average Bonchev–Trinajstić information content (AvgIpc) is 2.69. The Balaban J connectivity index is 2.53. The summed E-state index contributed by atoms with van der Waals surface area (Å²) in [7, 11) is 3.05. The smallest absolute Gasteiger partial charge is 0.267 e. The van der Waals surface area contributed by atoms with Crippen molar-refractivity contribution >= 4 is 5.82 Å². The summed E-state index contributed by atoms with van der Waals surface area (Å²) in [4.78, 5) is 0. The van der Waals surface area contributed by atoms with Crippen LogP contribution in [-0.4, -0.2) is 16.9 Å². The van der Waals surface area contributed by atoms with Crippen LogP contribution in [0.2, 0.25) is 0 Å². The number of nitrogen functional groups attached to an aromatic ring is 1. The summed E-state index contributed by atoms with van der Waals surface area (Å²) in [6.07, 6.45) is -1.05. The number of aromatic nitrogens is 2. The van der Waals surface area contributed by atoms with Crippen LogP contribution in [0.15, 0.2) is 24.4 Å². The highest BCUT2D eigenvalue weighted by Crippen LogP contribution is 2.34. The Bertz CT molecular complexity index is 566. The lowest BCUT2D eigenvalue weighted by Gasteiger charge is -2.09. The van der Waals surface area contributed by atoms with E-state index in [0.29, 0.717) is 16.9 Å². The van der Waals surface area contributed by atoms with Gasteiger partial charge in [0.1, 0.15) is 11.6 Å². The third-order valence-corrected chi connectivity index (χ3v) is 2.76. The van der Waals surface area contributed by atoms with E-state index in [-0.39, 0.29) is 11.3 Å². The minimum atomic E-state index is -2.60. The molecule has 6 heteroatoms. The van der Waals surface area contributed by atoms with Crippen molar-refractivity contribution in [2.45, 2.75) is 6.43 Å². The molecule has 2 rings (SSSR count). The van der Waals surface area contributed by atoms with E-state index in [4.69, 9.17) is 10.5 Å². The predicted octanol–water partition coefficient (Wildman–Crippen LogP) is 2.62. The highest BCUT2D eigenvalue weighted by Gasteiger charge is 2.16. The zero-order valence-corrected chi connectivity index (χ0v) is 10.0. The van der Waals surface area contributed by atoms with Crippen LogP contribution in [-0.2, 0) is 7.05 Å². The number of benzene rings is 1. The van der Waals surface area contributed by atoms with E-state index >= 15 is 0 Å². The molecule has 0 aliphatic carbocycles. The maximum Gasteiger partial charge on any atom is 0.267 e. The van der Waals surface area contributed by atoms with Gasteiger partial charge in [-0.3, -0.25) is 4.68 Å². The van der Waals surface area contributed by atoms with E-state index in [0.717, 1.165) is 0 Å². The quantitative estimate of drug-likeness (QED) is 0.914. The second kappa shape index (κ2) is 4.64. The highest BCUT2D eigenvalue weighted by atomic mass is 19.3. The molecular weight excluding hydrogens is 240 g/mol. The van der Waals surface area contributed by atoms with Gasteiger partial charge in [-0.1, -0.05) is 6.07 Å². The third-order valence-electron chi connectivity index (χ3n) is 2.76. The molecule has 0 saturated heterocycles. The molecule has 0 amide bonds. The predicted molar refractivity (Wildman–Crippen MR) is 64.6 cm³/mol. The average molecular weight is 253 g/mol. The van der Waals surface area contributed by atoms with Gasteiger partial charge < -0.3 is 10.5 Å². The number of hydrogen-bond donors (Lipinski definition) is 1. The number of aryl methyl sites for hydroxylation is 1. The van der Waals surface area contributed by atoms with Crippen LogP contribution < -0.4 is 10.5 Å². The van der Waals surface area contributed by atoms with Crippen molar-refractivity contribution in [1.82, 2.24) is 9.78 Å². The lowest BCUT2D eigenvalue weighted by atomic mass is 10.0. The number of anilines is 1. The number of rotatable bonds is 3. The molecular formula is C12H13F2N3O. The van der Waals surface area contributed by atoms with E-state index in [1.165, 1.54) is 23.9 Å². The number of halogens is 2. The van der Waals surface area contributed by atoms with Gasteiger partial charge in [0.25, 0.3) is 6.43 Å². The number of nitrogens with zero attached hydrogens (tertiary/aromatic N) is 2. The SMILES string of the molecule is COc1ccc(-c2cnn(C)c2N)cc1C(F)F. The molecule has 0 aliphatic heterocycles. The molecule has 0 spiro atoms. The van der Waals surface area contributed by atoms with Crippen molar-refractivity contribution in [3.8, 4) is 16.9 Å². The second-order valence-corrected chi connectivity index (χ2v) is 3.82.